The quantitative estimate of drug-likeness (QED) is 0.0862. The van der Waals surface area contributed by atoms with Crippen LogP contribution in [0.2, 0.25) is 0 Å². The highest BCUT2D eigenvalue weighted by molar-refractivity contribution is 9.11. The van der Waals surface area contributed by atoms with Gasteiger partial charge < -0.3 is 25.6 Å². The summed E-state index contributed by atoms with van der Waals surface area (Å²) in [6.07, 6.45) is 13.6. The smallest absolute Gasteiger partial charge is 0.253 e. The van der Waals surface area contributed by atoms with Crippen molar-refractivity contribution in [2.45, 2.75) is 65.0 Å². The van der Waals surface area contributed by atoms with E-state index in [1.807, 2.05) is 24.8 Å². The van der Waals surface area contributed by atoms with Crippen LogP contribution in [0.25, 0.3) is 0 Å². The lowest BCUT2D eigenvalue weighted by molar-refractivity contribution is -0.424. The van der Waals surface area contributed by atoms with E-state index < -0.39 is 4.92 Å². The van der Waals surface area contributed by atoms with Crippen molar-refractivity contribution in [2.75, 3.05) is 40.8 Å². The van der Waals surface area contributed by atoms with E-state index in [1.54, 1.807) is 45.8 Å². The molecule has 0 aromatic heterocycles. The van der Waals surface area contributed by atoms with Crippen LogP contribution in [0.3, 0.4) is 0 Å². The van der Waals surface area contributed by atoms with Crippen LogP contribution in [0.4, 0.5) is 0 Å². The number of nitrogens with zero attached hydrogens (tertiary/aromatic N) is 3. The average Bonchev–Trinajstić information content (AvgIpc) is 2.94. The number of halogens is 1. The zero-order valence-electron chi connectivity index (χ0n) is 25.0. The Balaban J connectivity index is 3.07. The highest BCUT2D eigenvalue weighted by Crippen LogP contribution is 2.18. The Hall–Kier alpha value is -3.25. The molecule has 1 aliphatic heterocycles. The average molecular weight is 638 g/mol. The number of allylic oxidation sites excluding steroid dienone is 5. The number of hydrogen-bond acceptors (Lipinski definition) is 8. The number of carbonyl (C=O) groups excluding carboxylic acids is 2. The van der Waals surface area contributed by atoms with Crippen molar-refractivity contribution in [1.29, 1.82) is 0 Å². The van der Waals surface area contributed by atoms with E-state index in [-0.39, 0.29) is 36.1 Å². The van der Waals surface area contributed by atoms with E-state index in [9.17, 15) is 19.7 Å². The molecule has 41 heavy (non-hydrogen) atoms. The van der Waals surface area contributed by atoms with E-state index in [0.717, 1.165) is 25.0 Å². The Labute approximate surface area is 252 Å². The van der Waals surface area contributed by atoms with Crippen molar-refractivity contribution in [2.24, 2.45) is 4.99 Å². The molecular formula is C29H45BrN6O5. The summed E-state index contributed by atoms with van der Waals surface area (Å²) in [5.41, 5.74) is 1.75. The molecule has 0 aromatic rings. The van der Waals surface area contributed by atoms with Gasteiger partial charge in [-0.2, -0.15) is 0 Å². The molecule has 3 N–H and O–H groups in total. The molecular weight excluding hydrogens is 592 g/mol. The molecule has 0 bridgehead atoms. The molecule has 2 amide bonds. The first-order chi connectivity index (χ1) is 19.6. The molecule has 12 heteroatoms. The van der Waals surface area contributed by atoms with Crippen LogP contribution in [-0.2, 0) is 14.3 Å². The minimum absolute atomic E-state index is 0.0294. The minimum atomic E-state index is -0.450. The molecule has 228 valence electrons. The topological polar surface area (TPSA) is 138 Å². The molecule has 1 aliphatic rings. The van der Waals surface area contributed by atoms with Gasteiger partial charge in [0.05, 0.1) is 22.3 Å². The number of carbonyl (C=O) groups is 2. The fourth-order valence-corrected chi connectivity index (χ4v) is 4.32. The van der Waals surface area contributed by atoms with Crippen LogP contribution < -0.4 is 16.0 Å². The van der Waals surface area contributed by atoms with Crippen LogP contribution >= 0.6 is 15.9 Å². The van der Waals surface area contributed by atoms with E-state index in [4.69, 9.17) is 4.74 Å². The van der Waals surface area contributed by atoms with Gasteiger partial charge in [-0.15, -0.1) is 0 Å². The van der Waals surface area contributed by atoms with Crippen LogP contribution in [0.15, 0.2) is 62.5 Å². The zero-order valence-corrected chi connectivity index (χ0v) is 26.6. The van der Waals surface area contributed by atoms with Gasteiger partial charge in [-0.3, -0.25) is 24.7 Å². The van der Waals surface area contributed by atoms with Gasteiger partial charge in [0, 0.05) is 78.2 Å². The summed E-state index contributed by atoms with van der Waals surface area (Å²) in [7, 11) is 5.04. The molecule has 0 aliphatic carbocycles. The zero-order chi connectivity index (χ0) is 30.8. The summed E-state index contributed by atoms with van der Waals surface area (Å²) in [4.78, 5) is 42.7. The van der Waals surface area contributed by atoms with Crippen LogP contribution in [0.1, 0.15) is 52.9 Å². The van der Waals surface area contributed by atoms with Crippen molar-refractivity contribution in [1.82, 2.24) is 20.9 Å². The number of amides is 2. The van der Waals surface area contributed by atoms with Gasteiger partial charge >= 0.3 is 0 Å². The molecule has 1 saturated heterocycles. The Bertz CT molecular complexity index is 1080. The summed E-state index contributed by atoms with van der Waals surface area (Å²) in [6.45, 7) is 6.71. The van der Waals surface area contributed by atoms with Crippen molar-refractivity contribution >= 4 is 34.0 Å². The van der Waals surface area contributed by atoms with Crippen molar-refractivity contribution in [3.63, 3.8) is 0 Å². The maximum absolute atomic E-state index is 13.3. The molecule has 2 atom stereocenters. The van der Waals surface area contributed by atoms with Crippen LogP contribution in [0.5, 0.6) is 0 Å². The second-order valence-corrected chi connectivity index (χ2v) is 10.7. The molecule has 1 rings (SSSR count). The predicted molar refractivity (Wildman–Crippen MR) is 167 cm³/mol. The molecule has 0 radical (unpaired) electrons. The third-order valence-corrected chi connectivity index (χ3v) is 7.13. The number of nitro groups is 1. The van der Waals surface area contributed by atoms with E-state index in [0.29, 0.717) is 41.7 Å². The first-order valence-electron chi connectivity index (χ1n) is 13.8. The van der Waals surface area contributed by atoms with Gasteiger partial charge in [0.2, 0.25) is 5.70 Å². The van der Waals surface area contributed by atoms with Gasteiger partial charge in [-0.1, -0.05) is 22.0 Å². The van der Waals surface area contributed by atoms with E-state index >= 15 is 0 Å². The number of rotatable bonds is 14. The highest BCUT2D eigenvalue weighted by Gasteiger charge is 2.21. The number of likely N-dealkylation sites (tertiary alicyclic amines) is 1. The number of nitrogens with one attached hydrogen (secondary N) is 3. The number of methoxy groups -OCH3 is 1. The lowest BCUT2D eigenvalue weighted by Gasteiger charge is -2.29. The van der Waals surface area contributed by atoms with Crippen LogP contribution in [0, 0.1) is 10.1 Å². The maximum atomic E-state index is 13.3. The molecule has 0 saturated carbocycles. The van der Waals surface area contributed by atoms with Crippen LogP contribution in [-0.4, -0.2) is 80.8 Å². The van der Waals surface area contributed by atoms with Crippen molar-refractivity contribution in [3.8, 4) is 0 Å². The SMILES string of the molecule is C\C=C(/C=C(\C=N/C)NC)C(=O)N1CCCCC(N/C=C(/C=C(/Br)C/C=C(\C)[N+](=O)[O-])C(=O)NCC(C)OC)CC1. The third-order valence-electron chi connectivity index (χ3n) is 6.57. The molecule has 0 spiro atoms. The largest absolute Gasteiger partial charge is 0.387 e. The Kier molecular flexibility index (Phi) is 17.2. The number of ether oxygens (including phenoxy) is 1. The summed E-state index contributed by atoms with van der Waals surface area (Å²) in [5.74, 6) is -0.324. The molecule has 2 unspecified atom stereocenters. The second-order valence-electron chi connectivity index (χ2n) is 9.68. The normalized spacial score (nSPS) is 19.0. The molecule has 11 nitrogen and oxygen atoms in total. The van der Waals surface area contributed by atoms with Crippen molar-refractivity contribution in [3.05, 3.63) is 67.6 Å². The Morgan fingerprint density at radius 3 is 2.56 bits per heavy atom. The van der Waals surface area contributed by atoms with Gasteiger partial charge in [-0.25, -0.2) is 0 Å². The standard InChI is InChI=1S/C29H45BrN6O5/c1-7-23(17-27(32-5)20-31-4)29(38)35-14-9-8-10-26(13-15-35)33-19-24(28(37)34-18-22(3)41-6)16-25(30)12-11-21(2)36(39)40/h7,11,16-17,19-20,22,26,32-33H,8-10,12-15,18H2,1-6H3,(H,34,37)/b21-11+,23-7+,24-19-,25-16+,27-17+,31-20-. The lowest BCUT2D eigenvalue weighted by Crippen LogP contribution is -2.39. The Morgan fingerprint density at radius 2 is 1.95 bits per heavy atom. The number of hydrogen-bond donors (Lipinski definition) is 3. The van der Waals surface area contributed by atoms with Gasteiger partial charge in [0.1, 0.15) is 0 Å². The predicted octanol–water partition coefficient (Wildman–Crippen LogP) is 3.98. The summed E-state index contributed by atoms with van der Waals surface area (Å²) in [6, 6.07) is 0.0554. The monoisotopic (exact) mass is 636 g/mol. The lowest BCUT2D eigenvalue weighted by atomic mass is 10.0. The molecule has 0 aromatic carbocycles. The first kappa shape index (κ1) is 35.8. The van der Waals surface area contributed by atoms with Gasteiger partial charge in [0.15, 0.2) is 0 Å². The second kappa shape index (κ2) is 19.8. The summed E-state index contributed by atoms with van der Waals surface area (Å²) < 4.78 is 5.85. The molecule has 1 fully saturated rings. The number of aliphatic imine (C=N–C) groups is 1. The maximum Gasteiger partial charge on any atom is 0.253 e. The van der Waals surface area contributed by atoms with Gasteiger partial charge in [-0.05, 0) is 62.2 Å². The molecule has 1 heterocycles. The third kappa shape index (κ3) is 13.8. The van der Waals surface area contributed by atoms with E-state index in [1.165, 1.54) is 13.0 Å². The Morgan fingerprint density at radius 1 is 1.22 bits per heavy atom. The summed E-state index contributed by atoms with van der Waals surface area (Å²) in [5, 5.41) is 20.2. The van der Waals surface area contributed by atoms with Crippen molar-refractivity contribution < 1.29 is 19.2 Å². The summed E-state index contributed by atoms with van der Waals surface area (Å²) >= 11 is 3.44. The fourth-order valence-electron chi connectivity index (χ4n) is 3.91. The first-order valence-corrected chi connectivity index (χ1v) is 14.6. The highest BCUT2D eigenvalue weighted by atomic mass is 79.9. The van der Waals surface area contributed by atoms with Gasteiger partial charge in [0.25, 0.3) is 11.8 Å². The minimum Gasteiger partial charge on any atom is -0.387 e. The van der Waals surface area contributed by atoms with E-state index in [2.05, 4.69) is 36.9 Å². The fraction of sp³-hybridized carbons (Fsp3) is 0.552.